The van der Waals surface area contributed by atoms with Gasteiger partial charge in [0, 0.05) is 5.02 Å². The van der Waals surface area contributed by atoms with Gasteiger partial charge in [-0.25, -0.2) is 0 Å². The van der Waals surface area contributed by atoms with E-state index in [0.717, 1.165) is 39.1 Å². The zero-order valence-corrected chi connectivity index (χ0v) is 28.5. The van der Waals surface area contributed by atoms with E-state index < -0.39 is 30.5 Å². The SMILES string of the molecule is CCOc1ccc(Cc2cc([C@@H]3O[C@H](COCc4ccccc4)[C@@H](OCc4ccccc4)[C@H](OCc4ccccc4)[C@@H]3O)ccc2Cl)cc1. The molecule has 1 saturated heterocycles. The Morgan fingerprint density at radius 2 is 1.22 bits per heavy atom. The quantitative estimate of drug-likeness (QED) is 0.120. The Hall–Kier alpha value is -4.01. The summed E-state index contributed by atoms with van der Waals surface area (Å²) in [6.45, 7) is 3.89. The monoisotopic (exact) mass is 678 g/mol. The number of aliphatic hydroxyl groups is 1. The van der Waals surface area contributed by atoms with Crippen molar-refractivity contribution < 1.29 is 28.8 Å². The van der Waals surface area contributed by atoms with Crippen LogP contribution in [0.25, 0.3) is 0 Å². The number of rotatable bonds is 15. The minimum absolute atomic E-state index is 0.245. The molecule has 0 bridgehead atoms. The molecule has 0 aliphatic carbocycles. The van der Waals surface area contributed by atoms with E-state index in [9.17, 15) is 5.11 Å². The number of ether oxygens (including phenoxy) is 5. The summed E-state index contributed by atoms with van der Waals surface area (Å²) in [6, 6.07) is 43.8. The van der Waals surface area contributed by atoms with E-state index in [0.29, 0.717) is 37.9 Å². The largest absolute Gasteiger partial charge is 0.494 e. The fraction of sp³-hybridized carbons (Fsp3) is 0.286. The van der Waals surface area contributed by atoms with Crippen molar-refractivity contribution in [2.45, 2.75) is 63.7 Å². The van der Waals surface area contributed by atoms with Crippen LogP contribution in [-0.4, -0.2) is 42.7 Å². The molecule has 0 radical (unpaired) electrons. The van der Waals surface area contributed by atoms with E-state index in [4.69, 9.17) is 35.3 Å². The van der Waals surface area contributed by atoms with Crippen molar-refractivity contribution in [3.63, 3.8) is 0 Å². The molecule has 7 heteroatoms. The third kappa shape index (κ3) is 9.58. The molecule has 1 N–H and O–H groups in total. The lowest BCUT2D eigenvalue weighted by Crippen LogP contribution is -2.57. The molecule has 1 aliphatic rings. The Morgan fingerprint density at radius 1 is 0.653 bits per heavy atom. The maximum absolute atomic E-state index is 12.1. The zero-order valence-electron chi connectivity index (χ0n) is 27.7. The molecule has 0 saturated carbocycles. The highest BCUT2D eigenvalue weighted by molar-refractivity contribution is 6.31. The highest BCUT2D eigenvalue weighted by Crippen LogP contribution is 2.38. The van der Waals surface area contributed by atoms with Gasteiger partial charge in [-0.2, -0.15) is 0 Å². The maximum Gasteiger partial charge on any atom is 0.119 e. The van der Waals surface area contributed by atoms with Crippen LogP contribution in [0.15, 0.2) is 133 Å². The third-order valence-corrected chi connectivity index (χ3v) is 9.02. The van der Waals surface area contributed by atoms with Gasteiger partial charge in [0.15, 0.2) is 0 Å². The molecule has 1 fully saturated rings. The van der Waals surface area contributed by atoms with Gasteiger partial charge in [-0.3, -0.25) is 0 Å². The van der Waals surface area contributed by atoms with Gasteiger partial charge in [0.25, 0.3) is 0 Å². The van der Waals surface area contributed by atoms with Crippen LogP contribution in [-0.2, 0) is 45.2 Å². The standard InChI is InChI=1S/C42H43ClO6/c1-2-46-36-21-18-30(19-22-36)24-35-25-34(20-23-37(35)43)40-39(44)42(48-28-33-16-10-5-11-17-33)41(47-27-32-14-8-4-9-15-32)38(49-40)29-45-26-31-12-6-3-7-13-31/h3-23,25,38-42,44H,2,24,26-29H2,1H3/t38-,39-,40+,41-,42-/m1/s1. The minimum Gasteiger partial charge on any atom is -0.494 e. The van der Waals surface area contributed by atoms with Crippen molar-refractivity contribution >= 4 is 11.6 Å². The van der Waals surface area contributed by atoms with Crippen LogP contribution < -0.4 is 4.74 Å². The lowest BCUT2D eigenvalue weighted by molar-refractivity contribution is -0.263. The summed E-state index contributed by atoms with van der Waals surface area (Å²) >= 11 is 6.73. The lowest BCUT2D eigenvalue weighted by Gasteiger charge is -2.45. The Balaban J connectivity index is 1.28. The number of hydrogen-bond donors (Lipinski definition) is 1. The number of halogens is 1. The molecule has 0 unspecified atom stereocenters. The second kappa shape index (κ2) is 17.6. The van der Waals surface area contributed by atoms with Crippen molar-refractivity contribution in [3.8, 4) is 5.75 Å². The summed E-state index contributed by atoms with van der Waals surface area (Å²) in [5.41, 5.74) is 5.91. The number of aliphatic hydroxyl groups excluding tert-OH is 1. The van der Waals surface area contributed by atoms with Gasteiger partial charge < -0.3 is 28.8 Å². The van der Waals surface area contributed by atoms with Gasteiger partial charge in [0.1, 0.15) is 36.3 Å². The fourth-order valence-corrected chi connectivity index (χ4v) is 6.31. The molecule has 0 amide bonds. The lowest BCUT2D eigenvalue weighted by atomic mass is 9.89. The average molecular weight is 679 g/mol. The van der Waals surface area contributed by atoms with Crippen LogP contribution in [0.1, 0.15) is 46.4 Å². The molecule has 0 spiro atoms. The fourth-order valence-electron chi connectivity index (χ4n) is 6.13. The Bertz CT molecular complexity index is 1700. The topological polar surface area (TPSA) is 66.4 Å². The summed E-state index contributed by atoms with van der Waals surface area (Å²) in [7, 11) is 0. The predicted molar refractivity (Wildman–Crippen MR) is 192 cm³/mol. The van der Waals surface area contributed by atoms with E-state index in [-0.39, 0.29) is 6.61 Å². The molecular weight excluding hydrogens is 636 g/mol. The number of hydrogen-bond acceptors (Lipinski definition) is 6. The van der Waals surface area contributed by atoms with Crippen molar-refractivity contribution in [2.24, 2.45) is 0 Å². The van der Waals surface area contributed by atoms with Gasteiger partial charge in [0.05, 0.1) is 33.0 Å². The molecule has 0 aromatic heterocycles. The minimum atomic E-state index is -1.03. The van der Waals surface area contributed by atoms with E-state index in [2.05, 4.69) is 0 Å². The van der Waals surface area contributed by atoms with Gasteiger partial charge in [-0.15, -0.1) is 0 Å². The van der Waals surface area contributed by atoms with Gasteiger partial charge in [-0.05, 0) is 64.9 Å². The first-order valence-electron chi connectivity index (χ1n) is 16.8. The highest BCUT2D eigenvalue weighted by Gasteiger charge is 2.47. The predicted octanol–water partition coefficient (Wildman–Crippen LogP) is 8.52. The van der Waals surface area contributed by atoms with Crippen molar-refractivity contribution in [3.05, 3.63) is 172 Å². The second-order valence-electron chi connectivity index (χ2n) is 12.2. The maximum atomic E-state index is 12.1. The van der Waals surface area contributed by atoms with E-state index in [1.165, 1.54) is 0 Å². The van der Waals surface area contributed by atoms with Crippen molar-refractivity contribution in [1.82, 2.24) is 0 Å². The van der Waals surface area contributed by atoms with Crippen LogP contribution >= 0.6 is 11.6 Å². The van der Waals surface area contributed by atoms with Crippen LogP contribution in [0.2, 0.25) is 5.02 Å². The molecule has 6 rings (SSSR count). The molecule has 5 atom stereocenters. The second-order valence-corrected chi connectivity index (χ2v) is 12.6. The summed E-state index contributed by atoms with van der Waals surface area (Å²) in [6.07, 6.45) is -2.98. The summed E-state index contributed by atoms with van der Waals surface area (Å²) in [4.78, 5) is 0. The Kier molecular flexibility index (Phi) is 12.5. The molecule has 1 aliphatic heterocycles. The molecule has 254 valence electrons. The van der Waals surface area contributed by atoms with E-state index in [1.54, 1.807) is 0 Å². The molecule has 49 heavy (non-hydrogen) atoms. The molecule has 6 nitrogen and oxygen atoms in total. The molecule has 5 aromatic carbocycles. The number of benzene rings is 5. The summed E-state index contributed by atoms with van der Waals surface area (Å²) < 4.78 is 31.7. The van der Waals surface area contributed by atoms with E-state index >= 15 is 0 Å². The van der Waals surface area contributed by atoms with Crippen LogP contribution in [0, 0.1) is 0 Å². The van der Waals surface area contributed by atoms with Gasteiger partial charge in [-0.1, -0.05) is 127 Å². The van der Waals surface area contributed by atoms with E-state index in [1.807, 2.05) is 140 Å². The molecular formula is C42H43ClO6. The van der Waals surface area contributed by atoms with Crippen molar-refractivity contribution in [1.29, 1.82) is 0 Å². The van der Waals surface area contributed by atoms with Crippen molar-refractivity contribution in [2.75, 3.05) is 13.2 Å². The molecule has 5 aromatic rings. The first-order valence-corrected chi connectivity index (χ1v) is 17.2. The Labute approximate surface area is 294 Å². The highest BCUT2D eigenvalue weighted by atomic mass is 35.5. The smallest absolute Gasteiger partial charge is 0.119 e. The van der Waals surface area contributed by atoms with Crippen LogP contribution in [0.4, 0.5) is 0 Å². The first-order chi connectivity index (χ1) is 24.1. The van der Waals surface area contributed by atoms with Crippen LogP contribution in [0.5, 0.6) is 5.75 Å². The first kappa shape index (κ1) is 34.8. The van der Waals surface area contributed by atoms with Gasteiger partial charge in [0.2, 0.25) is 0 Å². The summed E-state index contributed by atoms with van der Waals surface area (Å²) in [5.74, 6) is 0.830. The summed E-state index contributed by atoms with van der Waals surface area (Å²) in [5, 5.41) is 12.7. The zero-order chi connectivity index (χ0) is 33.8. The van der Waals surface area contributed by atoms with Gasteiger partial charge >= 0.3 is 0 Å². The third-order valence-electron chi connectivity index (χ3n) is 8.65. The normalized spacial score (nSPS) is 20.6. The average Bonchev–Trinajstić information content (AvgIpc) is 3.14. The van der Waals surface area contributed by atoms with Crippen LogP contribution in [0.3, 0.4) is 0 Å². The molecule has 1 heterocycles. The Morgan fingerprint density at radius 3 is 1.82 bits per heavy atom.